The van der Waals surface area contributed by atoms with Gasteiger partial charge in [-0.25, -0.2) is 14.2 Å². The zero-order valence-electron chi connectivity index (χ0n) is 10.6. The second-order valence-corrected chi connectivity index (χ2v) is 4.73. The van der Waals surface area contributed by atoms with Gasteiger partial charge in [-0.3, -0.25) is 0 Å². The zero-order chi connectivity index (χ0) is 13.8. The molecule has 0 aliphatic rings. The summed E-state index contributed by atoms with van der Waals surface area (Å²) in [7, 11) is 1.33. The zero-order valence-corrected chi connectivity index (χ0v) is 11.4. The summed E-state index contributed by atoms with van der Waals surface area (Å²) in [4.78, 5) is 17.8. The van der Waals surface area contributed by atoms with Gasteiger partial charge in [0.25, 0.3) is 0 Å². The van der Waals surface area contributed by atoms with E-state index in [2.05, 4.69) is 9.72 Å². The maximum atomic E-state index is 13.2. The van der Waals surface area contributed by atoms with E-state index >= 15 is 0 Å². The molecular formula is C13H13FN2O2S. The number of anilines is 2. The molecule has 0 spiro atoms. The number of rotatable bonds is 4. The molecule has 0 aliphatic heterocycles. The third-order valence-corrected chi connectivity index (χ3v) is 3.55. The van der Waals surface area contributed by atoms with Gasteiger partial charge in [0.05, 0.1) is 13.3 Å². The molecule has 0 fully saturated rings. The van der Waals surface area contributed by atoms with Crippen LogP contribution in [0.25, 0.3) is 0 Å². The van der Waals surface area contributed by atoms with Crippen LogP contribution in [0.5, 0.6) is 0 Å². The van der Waals surface area contributed by atoms with Crippen molar-refractivity contribution in [2.24, 2.45) is 0 Å². The van der Waals surface area contributed by atoms with E-state index in [1.54, 1.807) is 12.1 Å². The lowest BCUT2D eigenvalue weighted by molar-refractivity contribution is 0.0606. The van der Waals surface area contributed by atoms with Crippen molar-refractivity contribution < 1.29 is 13.9 Å². The number of halogens is 1. The molecule has 19 heavy (non-hydrogen) atoms. The van der Waals surface area contributed by atoms with E-state index < -0.39 is 5.97 Å². The number of hydrogen-bond acceptors (Lipinski definition) is 5. The van der Waals surface area contributed by atoms with Crippen molar-refractivity contribution in [1.82, 2.24) is 4.98 Å². The Bertz CT molecular complexity index is 586. The number of thiazole rings is 1. The van der Waals surface area contributed by atoms with Crippen molar-refractivity contribution in [2.45, 2.75) is 6.92 Å². The number of benzene rings is 1. The maximum Gasteiger partial charge on any atom is 0.349 e. The van der Waals surface area contributed by atoms with E-state index in [0.717, 1.165) is 0 Å². The van der Waals surface area contributed by atoms with E-state index in [1.807, 2.05) is 11.8 Å². The smallest absolute Gasteiger partial charge is 0.349 e. The van der Waals surface area contributed by atoms with Crippen LogP contribution in [0.4, 0.5) is 15.2 Å². The van der Waals surface area contributed by atoms with Crippen molar-refractivity contribution >= 4 is 28.1 Å². The van der Waals surface area contributed by atoms with Crippen molar-refractivity contribution in [1.29, 1.82) is 0 Å². The summed E-state index contributed by atoms with van der Waals surface area (Å²) in [5, 5.41) is 0.633. The highest BCUT2D eigenvalue weighted by Crippen LogP contribution is 2.29. The summed E-state index contributed by atoms with van der Waals surface area (Å²) in [6, 6.07) is 6.26. The van der Waals surface area contributed by atoms with Gasteiger partial charge in [0, 0.05) is 12.2 Å². The predicted octanol–water partition coefficient (Wildman–Crippen LogP) is 3.23. The Hall–Kier alpha value is -1.95. The molecule has 1 heterocycles. The number of carbonyl (C=O) groups excluding carboxylic acids is 1. The van der Waals surface area contributed by atoms with Gasteiger partial charge in [-0.15, -0.1) is 0 Å². The first-order valence-electron chi connectivity index (χ1n) is 5.73. The van der Waals surface area contributed by atoms with Crippen LogP contribution in [-0.4, -0.2) is 24.6 Å². The molecule has 0 amide bonds. The van der Waals surface area contributed by atoms with Gasteiger partial charge >= 0.3 is 5.97 Å². The lowest BCUT2D eigenvalue weighted by Gasteiger charge is -2.19. The Kier molecular flexibility index (Phi) is 4.11. The highest BCUT2D eigenvalue weighted by atomic mass is 32.1. The number of methoxy groups -OCH3 is 1. The summed E-state index contributed by atoms with van der Waals surface area (Å²) in [6.45, 7) is 2.56. The molecule has 100 valence electrons. The van der Waals surface area contributed by atoms with Crippen LogP contribution in [0.2, 0.25) is 0 Å². The minimum absolute atomic E-state index is 0.305. The number of carbonyl (C=O) groups is 1. The average molecular weight is 280 g/mol. The molecule has 4 nitrogen and oxygen atoms in total. The molecule has 0 unspecified atom stereocenters. The van der Waals surface area contributed by atoms with Crippen molar-refractivity contribution in [3.8, 4) is 0 Å². The molecule has 6 heteroatoms. The van der Waals surface area contributed by atoms with Crippen LogP contribution in [0, 0.1) is 5.82 Å². The van der Waals surface area contributed by atoms with Crippen molar-refractivity contribution in [2.75, 3.05) is 18.6 Å². The summed E-state index contributed by atoms with van der Waals surface area (Å²) >= 11 is 1.22. The van der Waals surface area contributed by atoms with Gasteiger partial charge in [0.1, 0.15) is 10.7 Å². The number of aromatic nitrogens is 1. The fourth-order valence-electron chi connectivity index (χ4n) is 1.66. The Morgan fingerprint density at radius 2 is 2.32 bits per heavy atom. The van der Waals surface area contributed by atoms with Gasteiger partial charge in [-0.2, -0.15) is 0 Å². The Balaban J connectivity index is 2.32. The molecule has 1 aromatic heterocycles. The molecule has 2 aromatic rings. The monoisotopic (exact) mass is 280 g/mol. The third-order valence-electron chi connectivity index (χ3n) is 2.55. The SMILES string of the molecule is CCN(c1cccc(F)c1)c1ncc(C(=O)OC)s1. The van der Waals surface area contributed by atoms with Crippen LogP contribution in [0.1, 0.15) is 16.6 Å². The van der Waals surface area contributed by atoms with Gasteiger partial charge in [0.2, 0.25) is 0 Å². The topological polar surface area (TPSA) is 42.4 Å². The second kappa shape index (κ2) is 5.79. The molecule has 2 rings (SSSR count). The first-order valence-corrected chi connectivity index (χ1v) is 6.54. The highest BCUT2D eigenvalue weighted by molar-refractivity contribution is 7.17. The highest BCUT2D eigenvalue weighted by Gasteiger charge is 2.16. The van der Waals surface area contributed by atoms with Crippen LogP contribution in [0.15, 0.2) is 30.5 Å². The lowest BCUT2D eigenvalue weighted by atomic mass is 10.3. The Morgan fingerprint density at radius 1 is 1.53 bits per heavy atom. The van der Waals surface area contributed by atoms with Gasteiger partial charge in [0.15, 0.2) is 5.13 Å². The Morgan fingerprint density at radius 3 is 2.95 bits per heavy atom. The van der Waals surface area contributed by atoms with Crippen LogP contribution in [-0.2, 0) is 4.74 Å². The average Bonchev–Trinajstić information content (AvgIpc) is 2.88. The van der Waals surface area contributed by atoms with Gasteiger partial charge < -0.3 is 9.64 Å². The summed E-state index contributed by atoms with van der Waals surface area (Å²) in [5.41, 5.74) is 0.702. The number of nitrogens with zero attached hydrogens (tertiary/aromatic N) is 2. The second-order valence-electron chi connectivity index (χ2n) is 3.72. The number of hydrogen-bond donors (Lipinski definition) is 0. The molecule has 0 saturated carbocycles. The molecule has 0 aliphatic carbocycles. The van der Waals surface area contributed by atoms with Crippen LogP contribution >= 0.6 is 11.3 Å². The number of esters is 1. The van der Waals surface area contributed by atoms with Crippen LogP contribution < -0.4 is 4.90 Å². The molecule has 1 aromatic carbocycles. The summed E-state index contributed by atoms with van der Waals surface area (Å²) < 4.78 is 17.9. The Labute approximate surface area is 114 Å². The first kappa shape index (κ1) is 13.5. The van der Waals surface area contributed by atoms with E-state index in [9.17, 15) is 9.18 Å². The third kappa shape index (κ3) is 2.90. The lowest BCUT2D eigenvalue weighted by Crippen LogP contribution is -2.15. The van der Waals surface area contributed by atoms with Gasteiger partial charge in [-0.1, -0.05) is 17.4 Å². The van der Waals surface area contributed by atoms with Gasteiger partial charge in [-0.05, 0) is 25.1 Å². The standard InChI is InChI=1S/C13H13FN2O2S/c1-3-16(10-6-4-5-9(14)7-10)13-15-8-11(19-13)12(17)18-2/h4-8H,3H2,1-2H3. The fraction of sp³-hybridized carbons (Fsp3) is 0.231. The minimum Gasteiger partial charge on any atom is -0.465 e. The maximum absolute atomic E-state index is 13.2. The van der Waals surface area contributed by atoms with E-state index in [1.165, 1.54) is 36.8 Å². The largest absolute Gasteiger partial charge is 0.465 e. The molecular weight excluding hydrogens is 267 g/mol. The number of ether oxygens (including phenoxy) is 1. The molecule has 0 bridgehead atoms. The fourth-order valence-corrected chi connectivity index (χ4v) is 2.58. The first-order chi connectivity index (χ1) is 9.15. The van der Waals surface area contributed by atoms with Crippen molar-refractivity contribution in [3.05, 3.63) is 41.2 Å². The van der Waals surface area contributed by atoms with E-state index in [0.29, 0.717) is 22.2 Å². The predicted molar refractivity (Wildman–Crippen MR) is 72.5 cm³/mol. The minimum atomic E-state index is -0.418. The molecule has 0 atom stereocenters. The quantitative estimate of drug-likeness (QED) is 0.806. The molecule has 0 N–H and O–H groups in total. The summed E-state index contributed by atoms with van der Waals surface area (Å²) in [6.07, 6.45) is 1.47. The summed E-state index contributed by atoms with van der Waals surface area (Å²) in [5.74, 6) is -0.722. The molecule has 0 radical (unpaired) electrons. The van der Waals surface area contributed by atoms with Crippen LogP contribution in [0.3, 0.4) is 0 Å². The van der Waals surface area contributed by atoms with Crippen molar-refractivity contribution in [3.63, 3.8) is 0 Å². The van der Waals surface area contributed by atoms with E-state index in [-0.39, 0.29) is 5.82 Å². The normalized spacial score (nSPS) is 10.3. The van der Waals surface area contributed by atoms with E-state index in [4.69, 9.17) is 0 Å². The molecule has 0 saturated heterocycles.